The second kappa shape index (κ2) is 7.79. The molecule has 1 unspecified atom stereocenters. The number of pyridine rings is 1. The fraction of sp³-hybridized carbons (Fsp3) is 0.333. The topological polar surface area (TPSA) is 63.7 Å². The molecule has 1 fully saturated rings. The van der Waals surface area contributed by atoms with Crippen molar-refractivity contribution in [2.24, 2.45) is 0 Å². The number of urea groups is 1. The van der Waals surface area contributed by atoms with Gasteiger partial charge in [0.2, 0.25) is 5.88 Å². The Balaban J connectivity index is 1.62. The molecular weight excluding hydrogens is 306 g/mol. The molecule has 0 aliphatic carbocycles. The monoisotopic (exact) mass is 327 g/mol. The predicted molar refractivity (Wildman–Crippen MR) is 91.4 cm³/mol. The van der Waals surface area contributed by atoms with Crippen molar-refractivity contribution in [3.8, 4) is 11.6 Å². The summed E-state index contributed by atoms with van der Waals surface area (Å²) in [7, 11) is 0. The molecule has 0 bridgehead atoms. The van der Waals surface area contributed by atoms with Crippen LogP contribution in [0.3, 0.4) is 0 Å². The van der Waals surface area contributed by atoms with Gasteiger partial charge in [-0.25, -0.2) is 9.78 Å². The molecule has 2 heterocycles. The summed E-state index contributed by atoms with van der Waals surface area (Å²) in [6, 6.07) is 12.7. The third kappa shape index (κ3) is 4.45. The number of ether oxygens (including phenoxy) is 2. The molecule has 1 aliphatic rings. The number of aromatic nitrogens is 1. The lowest BCUT2D eigenvalue weighted by molar-refractivity contribution is 0.0761. The van der Waals surface area contributed by atoms with Crippen LogP contribution in [0.5, 0.6) is 11.6 Å². The van der Waals surface area contributed by atoms with Gasteiger partial charge in [-0.1, -0.05) is 18.2 Å². The van der Waals surface area contributed by atoms with Crippen LogP contribution in [0.1, 0.15) is 13.3 Å². The van der Waals surface area contributed by atoms with E-state index in [1.807, 2.05) is 37.3 Å². The van der Waals surface area contributed by atoms with E-state index in [4.69, 9.17) is 9.47 Å². The highest BCUT2D eigenvalue weighted by Gasteiger charge is 2.18. The number of carbonyl (C=O) groups is 1. The maximum absolute atomic E-state index is 12.4. The molecule has 1 aromatic heterocycles. The Bertz CT molecular complexity index is 678. The first kappa shape index (κ1) is 16.3. The minimum absolute atomic E-state index is 0.135. The zero-order valence-corrected chi connectivity index (χ0v) is 13.6. The fourth-order valence-electron chi connectivity index (χ4n) is 2.45. The Kier molecular flexibility index (Phi) is 5.28. The Hall–Kier alpha value is -2.60. The number of nitrogens with zero attached hydrogens (tertiary/aromatic N) is 2. The van der Waals surface area contributed by atoms with E-state index in [0.717, 1.165) is 6.42 Å². The Morgan fingerprint density at radius 3 is 2.96 bits per heavy atom. The summed E-state index contributed by atoms with van der Waals surface area (Å²) in [5.74, 6) is 1.14. The van der Waals surface area contributed by atoms with Crippen molar-refractivity contribution in [2.75, 3.05) is 25.0 Å². The van der Waals surface area contributed by atoms with Gasteiger partial charge in [0.05, 0.1) is 12.7 Å². The Morgan fingerprint density at radius 2 is 2.12 bits per heavy atom. The van der Waals surface area contributed by atoms with Crippen LogP contribution < -0.4 is 10.1 Å². The van der Waals surface area contributed by atoms with Crippen molar-refractivity contribution in [3.63, 3.8) is 0 Å². The molecule has 2 amide bonds. The molecule has 1 saturated heterocycles. The fourth-order valence-corrected chi connectivity index (χ4v) is 2.45. The highest BCUT2D eigenvalue weighted by atomic mass is 16.5. The van der Waals surface area contributed by atoms with Crippen molar-refractivity contribution in [1.29, 1.82) is 0 Å². The maximum Gasteiger partial charge on any atom is 0.321 e. The van der Waals surface area contributed by atoms with E-state index >= 15 is 0 Å². The summed E-state index contributed by atoms with van der Waals surface area (Å²) in [5, 5.41) is 2.89. The number of benzene rings is 1. The first-order chi connectivity index (χ1) is 11.7. The van der Waals surface area contributed by atoms with Gasteiger partial charge in [-0.2, -0.15) is 0 Å². The van der Waals surface area contributed by atoms with Crippen LogP contribution in [0.25, 0.3) is 0 Å². The van der Waals surface area contributed by atoms with E-state index < -0.39 is 0 Å². The van der Waals surface area contributed by atoms with Gasteiger partial charge in [0.15, 0.2) is 0 Å². The Labute approximate surface area is 141 Å². The van der Waals surface area contributed by atoms with Crippen LogP contribution in [0, 0.1) is 0 Å². The van der Waals surface area contributed by atoms with Gasteiger partial charge in [-0.3, -0.25) is 0 Å². The van der Waals surface area contributed by atoms with E-state index in [1.54, 1.807) is 23.2 Å². The van der Waals surface area contributed by atoms with Crippen LogP contribution >= 0.6 is 0 Å². The molecule has 1 aliphatic heterocycles. The van der Waals surface area contributed by atoms with Crippen molar-refractivity contribution >= 4 is 11.7 Å². The van der Waals surface area contributed by atoms with E-state index in [1.165, 1.54) is 0 Å². The van der Waals surface area contributed by atoms with Crippen molar-refractivity contribution in [1.82, 2.24) is 9.88 Å². The van der Waals surface area contributed by atoms with Crippen molar-refractivity contribution in [3.05, 3.63) is 48.7 Å². The lowest BCUT2D eigenvalue weighted by atomic mass is 10.3. The molecule has 1 N–H and O–H groups in total. The molecule has 1 atom stereocenters. The second-order valence-electron chi connectivity index (χ2n) is 5.69. The van der Waals surface area contributed by atoms with Gasteiger partial charge in [0.1, 0.15) is 5.75 Å². The van der Waals surface area contributed by atoms with E-state index in [9.17, 15) is 4.79 Å². The molecular formula is C18H21N3O3. The average molecular weight is 327 g/mol. The molecule has 1 aromatic carbocycles. The molecule has 3 rings (SSSR count). The molecule has 24 heavy (non-hydrogen) atoms. The van der Waals surface area contributed by atoms with Crippen molar-refractivity contribution in [2.45, 2.75) is 19.4 Å². The first-order valence-electron chi connectivity index (χ1n) is 8.07. The standard InChI is InChI=1S/C18H21N3O3/c1-14-8-10-21(11-12-23-14)18(22)20-15-7-9-19-17(13-15)24-16-5-3-2-4-6-16/h2-7,9,13-14H,8,10-12H2,1H3,(H,19,20,22). The smallest absolute Gasteiger partial charge is 0.321 e. The van der Waals surface area contributed by atoms with Crippen LogP contribution in [0.15, 0.2) is 48.7 Å². The summed E-state index contributed by atoms with van der Waals surface area (Å²) in [6.07, 6.45) is 2.64. The number of nitrogens with one attached hydrogen (secondary N) is 1. The number of anilines is 1. The lowest BCUT2D eigenvalue weighted by Crippen LogP contribution is -2.36. The van der Waals surface area contributed by atoms with Gasteiger partial charge in [0.25, 0.3) is 0 Å². The highest BCUT2D eigenvalue weighted by molar-refractivity contribution is 5.89. The van der Waals surface area contributed by atoms with Crippen LogP contribution in [-0.2, 0) is 4.74 Å². The number of hydrogen-bond acceptors (Lipinski definition) is 4. The normalized spacial score (nSPS) is 17.9. The average Bonchev–Trinajstić information content (AvgIpc) is 2.81. The van der Waals surface area contributed by atoms with Crippen LogP contribution in [0.4, 0.5) is 10.5 Å². The number of hydrogen-bond donors (Lipinski definition) is 1. The third-order valence-electron chi connectivity index (χ3n) is 3.81. The summed E-state index contributed by atoms with van der Waals surface area (Å²) >= 11 is 0. The SMILES string of the molecule is CC1CCN(C(=O)Nc2ccnc(Oc3ccccc3)c2)CCO1. The molecule has 2 aromatic rings. The third-order valence-corrected chi connectivity index (χ3v) is 3.81. The van der Waals surface area contributed by atoms with E-state index in [-0.39, 0.29) is 12.1 Å². The summed E-state index contributed by atoms with van der Waals surface area (Å²) in [4.78, 5) is 18.3. The number of para-hydroxylation sites is 1. The molecule has 6 nitrogen and oxygen atoms in total. The minimum Gasteiger partial charge on any atom is -0.439 e. The van der Waals surface area contributed by atoms with Crippen LogP contribution in [-0.4, -0.2) is 41.7 Å². The van der Waals surface area contributed by atoms with Gasteiger partial charge in [-0.15, -0.1) is 0 Å². The quantitative estimate of drug-likeness (QED) is 0.937. The minimum atomic E-state index is -0.135. The van der Waals surface area contributed by atoms with Gasteiger partial charge in [-0.05, 0) is 31.5 Å². The largest absolute Gasteiger partial charge is 0.439 e. The summed E-state index contributed by atoms with van der Waals surface area (Å²) < 4.78 is 11.3. The van der Waals surface area contributed by atoms with Gasteiger partial charge < -0.3 is 19.7 Å². The molecule has 0 spiro atoms. The zero-order chi connectivity index (χ0) is 16.8. The van der Waals surface area contributed by atoms with Crippen LogP contribution in [0.2, 0.25) is 0 Å². The molecule has 6 heteroatoms. The first-order valence-corrected chi connectivity index (χ1v) is 8.07. The summed E-state index contributed by atoms with van der Waals surface area (Å²) in [5.41, 5.74) is 0.652. The molecule has 0 radical (unpaired) electrons. The van der Waals surface area contributed by atoms with Gasteiger partial charge >= 0.3 is 6.03 Å². The molecule has 126 valence electrons. The number of amides is 2. The highest BCUT2D eigenvalue weighted by Crippen LogP contribution is 2.21. The lowest BCUT2D eigenvalue weighted by Gasteiger charge is -2.20. The van der Waals surface area contributed by atoms with E-state index in [2.05, 4.69) is 10.3 Å². The predicted octanol–water partition coefficient (Wildman–Crippen LogP) is 3.52. The van der Waals surface area contributed by atoms with E-state index in [0.29, 0.717) is 37.0 Å². The maximum atomic E-state index is 12.4. The number of rotatable bonds is 3. The van der Waals surface area contributed by atoms with Crippen molar-refractivity contribution < 1.29 is 14.3 Å². The Morgan fingerprint density at radius 1 is 1.29 bits per heavy atom. The second-order valence-corrected chi connectivity index (χ2v) is 5.69. The zero-order valence-electron chi connectivity index (χ0n) is 13.6. The molecule has 0 saturated carbocycles. The van der Waals surface area contributed by atoms with Gasteiger partial charge in [0, 0.05) is 31.0 Å². The number of carbonyl (C=O) groups excluding carboxylic acids is 1. The summed E-state index contributed by atoms with van der Waals surface area (Å²) in [6.45, 7) is 3.87.